The molecule has 0 saturated carbocycles. The van der Waals surface area contributed by atoms with Crippen LogP contribution in [0.1, 0.15) is 0 Å². The highest BCUT2D eigenvalue weighted by Gasteiger charge is 2.47. The van der Waals surface area contributed by atoms with Gasteiger partial charge < -0.3 is 0 Å². The molecular weight excluding hydrogens is 803 g/mol. The van der Waals surface area contributed by atoms with Crippen molar-refractivity contribution in [2.75, 3.05) is 0 Å². The van der Waals surface area contributed by atoms with E-state index in [1.54, 1.807) is 23.5 Å². The van der Waals surface area contributed by atoms with Gasteiger partial charge in [0.1, 0.15) is 0 Å². The first-order chi connectivity index (χ1) is 27.9. The lowest BCUT2D eigenvalue weighted by molar-refractivity contribution is 0.365. The fourth-order valence-electron chi connectivity index (χ4n) is 6.45. The van der Waals surface area contributed by atoms with Crippen LogP contribution in [0.3, 0.4) is 0 Å². The Morgan fingerprint density at radius 3 is 0.789 bits per heavy atom. The number of hydrogen-bond acceptors (Lipinski definition) is 5. The van der Waals surface area contributed by atoms with Gasteiger partial charge in [0.2, 0.25) is 0 Å². The maximum atomic E-state index is 18.1. The van der Waals surface area contributed by atoms with Gasteiger partial charge in [-0.1, -0.05) is 133 Å². The molecule has 8 aromatic rings. The van der Waals surface area contributed by atoms with Crippen LogP contribution in [0.15, 0.2) is 279 Å². The van der Waals surface area contributed by atoms with Gasteiger partial charge in [-0.05, 0) is 142 Å². The Labute approximate surface area is 346 Å². The summed E-state index contributed by atoms with van der Waals surface area (Å²) in [4.78, 5) is 8.30. The van der Waals surface area contributed by atoms with Crippen molar-refractivity contribution >= 4 is 52.0 Å². The zero-order valence-electron chi connectivity index (χ0n) is 30.6. The van der Waals surface area contributed by atoms with Crippen molar-refractivity contribution in [3.05, 3.63) is 231 Å². The minimum Gasteiger partial charge on any atom is -0.221 e. The molecule has 0 spiro atoms. The third-order valence-electron chi connectivity index (χ3n) is 8.97. The lowest BCUT2D eigenvalue weighted by Crippen LogP contribution is -2.10. The molecule has 0 bridgehead atoms. The second-order valence-corrected chi connectivity index (χ2v) is 22.1. The Hall–Kier alpha value is -4.76. The van der Waals surface area contributed by atoms with E-state index in [1.165, 1.54) is 0 Å². The normalized spacial score (nSPS) is 12.5. The highest BCUT2D eigenvalue weighted by atomic mass is 32.3. The first-order valence-corrected chi connectivity index (χ1v) is 24.4. The minimum atomic E-state index is -5.50. The summed E-state index contributed by atoms with van der Waals surface area (Å²) in [7, 11) is -11.5. The summed E-state index contributed by atoms with van der Waals surface area (Å²) in [5, 5.41) is 0. The molecule has 0 saturated heterocycles. The predicted octanol–water partition coefficient (Wildman–Crippen LogP) is 16.2. The topological polar surface area (TPSA) is 35.5 Å². The summed E-state index contributed by atoms with van der Waals surface area (Å²) in [5.41, 5.74) is 0. The Kier molecular flexibility index (Phi) is 12.2. The van der Waals surface area contributed by atoms with Crippen molar-refractivity contribution in [1.29, 1.82) is 0 Å². The molecular formula is C48H38FO3PS4. The number of hydrogen-bond donors (Lipinski definition) is 0. The molecule has 8 rings (SSSR count). The van der Waals surface area contributed by atoms with Crippen LogP contribution in [0.4, 0.5) is 4.20 Å². The Balaban J connectivity index is 1.27. The summed E-state index contributed by atoms with van der Waals surface area (Å²) in [6.07, 6.45) is 0. The van der Waals surface area contributed by atoms with Gasteiger partial charge in [-0.15, -0.1) is 4.20 Å². The molecule has 9 heteroatoms. The highest BCUT2D eigenvalue weighted by Crippen LogP contribution is 2.83. The summed E-state index contributed by atoms with van der Waals surface area (Å²) in [6, 6.07) is 74.2. The van der Waals surface area contributed by atoms with Gasteiger partial charge >= 0.3 is 7.91 Å². The van der Waals surface area contributed by atoms with Crippen molar-refractivity contribution in [2.24, 2.45) is 0 Å². The van der Waals surface area contributed by atoms with Crippen LogP contribution < -0.4 is 0 Å². The summed E-state index contributed by atoms with van der Waals surface area (Å²) in [6.45, 7) is 0. The zero-order chi connectivity index (χ0) is 39.0. The number of rotatable bonds is 14. The molecule has 0 fully saturated rings. The van der Waals surface area contributed by atoms with Crippen molar-refractivity contribution in [1.82, 2.24) is 0 Å². The van der Waals surface area contributed by atoms with E-state index in [0.717, 1.165) is 19.6 Å². The van der Waals surface area contributed by atoms with Gasteiger partial charge in [-0.25, -0.2) is 12.5 Å². The van der Waals surface area contributed by atoms with Crippen molar-refractivity contribution < 1.29 is 16.7 Å². The molecule has 0 amide bonds. The van der Waals surface area contributed by atoms with Gasteiger partial charge in [0.25, 0.3) is 0 Å². The average molecular weight is 841 g/mol. The van der Waals surface area contributed by atoms with Crippen molar-refractivity contribution in [2.45, 2.75) is 49.0 Å². The molecule has 57 heavy (non-hydrogen) atoms. The molecule has 0 aliphatic rings. The monoisotopic (exact) mass is 840 g/mol. The Bertz CT molecular complexity index is 2280. The summed E-state index contributed by atoms with van der Waals surface area (Å²) in [5.74, 6) is 0. The molecule has 284 valence electrons. The first-order valence-electron chi connectivity index (χ1n) is 18.2. The standard InChI is InChI=1S/C48H38FO3PS4/c49-53(50,51-56(43-23-11-3-12-24-43,44-25-13-4-14-26-44)47-35-31-41(32-36-47)54-39-19-7-1-8-20-39)52-57(45-27-15-5-16-28-45,46-29-17-6-18-30-46)48-37-33-42(34-38-48)55-40-21-9-2-10-22-40/h1-38H. The van der Waals surface area contributed by atoms with E-state index in [9.17, 15) is 0 Å². The molecule has 8 aromatic carbocycles. The van der Waals surface area contributed by atoms with Crippen LogP contribution >= 0.6 is 52.0 Å². The van der Waals surface area contributed by atoms with Crippen LogP contribution in [0.2, 0.25) is 0 Å². The average Bonchev–Trinajstić information content (AvgIpc) is 3.27. The molecule has 0 N–H and O–H groups in total. The maximum Gasteiger partial charge on any atom is 0.534 e. The molecule has 0 radical (unpaired) electrons. The molecule has 0 aliphatic carbocycles. The van der Waals surface area contributed by atoms with Gasteiger partial charge in [0.05, 0.1) is 0 Å². The fraction of sp³-hybridized carbons (Fsp3) is 0. The lowest BCUT2D eigenvalue weighted by Gasteiger charge is -2.44. The van der Waals surface area contributed by atoms with Crippen LogP contribution in [0, 0.1) is 0 Å². The third-order valence-corrected chi connectivity index (χ3v) is 19.8. The zero-order valence-corrected chi connectivity index (χ0v) is 34.8. The van der Waals surface area contributed by atoms with E-state index >= 15 is 8.76 Å². The van der Waals surface area contributed by atoms with Gasteiger partial charge in [0, 0.05) is 49.0 Å². The summed E-state index contributed by atoms with van der Waals surface area (Å²) < 4.78 is 46.7. The van der Waals surface area contributed by atoms with Crippen LogP contribution in [-0.2, 0) is 12.5 Å². The van der Waals surface area contributed by atoms with Gasteiger partial charge in [-0.3, -0.25) is 0 Å². The van der Waals surface area contributed by atoms with E-state index in [2.05, 4.69) is 24.3 Å². The minimum absolute atomic E-state index is 0.682. The lowest BCUT2D eigenvalue weighted by atomic mass is 10.3. The summed E-state index contributed by atoms with van der Waals surface area (Å²) >= 11 is 3.26. The highest BCUT2D eigenvalue weighted by molar-refractivity contribution is 8.33. The predicted molar refractivity (Wildman–Crippen MR) is 235 cm³/mol. The van der Waals surface area contributed by atoms with Crippen LogP contribution in [-0.4, -0.2) is 0 Å². The Morgan fingerprint density at radius 2 is 0.526 bits per heavy atom. The largest absolute Gasteiger partial charge is 0.534 e. The quantitative estimate of drug-likeness (QED) is 0.102. The second-order valence-electron chi connectivity index (χ2n) is 12.7. The van der Waals surface area contributed by atoms with E-state index in [0.29, 0.717) is 29.4 Å². The van der Waals surface area contributed by atoms with Gasteiger partial charge in [0.15, 0.2) is 0 Å². The molecule has 0 aromatic heterocycles. The van der Waals surface area contributed by atoms with E-state index in [1.807, 2.05) is 206 Å². The molecule has 0 unspecified atom stereocenters. The second kappa shape index (κ2) is 17.8. The van der Waals surface area contributed by atoms with Crippen molar-refractivity contribution in [3.63, 3.8) is 0 Å². The molecule has 0 atom stereocenters. The van der Waals surface area contributed by atoms with E-state index in [4.69, 9.17) is 7.94 Å². The number of benzene rings is 8. The van der Waals surface area contributed by atoms with E-state index < -0.39 is 28.5 Å². The first kappa shape index (κ1) is 39.1. The molecule has 0 heterocycles. The van der Waals surface area contributed by atoms with Crippen LogP contribution in [0.5, 0.6) is 0 Å². The van der Waals surface area contributed by atoms with Crippen LogP contribution in [0.25, 0.3) is 0 Å². The molecule has 0 aliphatic heterocycles. The van der Waals surface area contributed by atoms with Gasteiger partial charge in [-0.2, -0.15) is 0 Å². The molecule has 3 nitrogen and oxygen atoms in total. The van der Waals surface area contributed by atoms with E-state index in [-0.39, 0.29) is 0 Å². The fourth-order valence-corrected chi connectivity index (χ4v) is 17.5. The number of halogens is 1. The SMILES string of the molecule is O=P(F)(OS(c1ccccc1)(c1ccccc1)c1ccc(Sc2ccccc2)cc1)OS(c1ccccc1)(c1ccccc1)c1ccc(Sc2ccccc2)cc1. The van der Waals surface area contributed by atoms with Crippen molar-refractivity contribution in [3.8, 4) is 0 Å². The maximum absolute atomic E-state index is 18.1. The smallest absolute Gasteiger partial charge is 0.221 e. The third kappa shape index (κ3) is 8.74. The Morgan fingerprint density at radius 1 is 0.316 bits per heavy atom.